The van der Waals surface area contributed by atoms with Crippen molar-refractivity contribution in [3.05, 3.63) is 35.9 Å². The summed E-state index contributed by atoms with van der Waals surface area (Å²) in [4.78, 5) is 0. The number of aliphatic hydroxyl groups excluding tert-OH is 1. The minimum atomic E-state index is -1.91. The standard InChI is InChI=1S/C9H12O3/c10-7-6-9(11,12)8-4-2-1-3-5-8/h1-5,10-12H,6-7H2. The lowest BCUT2D eigenvalue weighted by molar-refractivity contribution is -0.179. The fourth-order valence-electron chi connectivity index (χ4n) is 1.01. The van der Waals surface area contributed by atoms with Crippen molar-refractivity contribution in [3.8, 4) is 0 Å². The van der Waals surface area contributed by atoms with Gasteiger partial charge in [-0.15, -0.1) is 0 Å². The highest BCUT2D eigenvalue weighted by molar-refractivity contribution is 5.19. The summed E-state index contributed by atoms with van der Waals surface area (Å²) in [6, 6.07) is 8.44. The summed E-state index contributed by atoms with van der Waals surface area (Å²) in [5, 5.41) is 27.3. The molecule has 3 heteroatoms. The first-order valence-electron chi connectivity index (χ1n) is 3.78. The quantitative estimate of drug-likeness (QED) is 0.565. The van der Waals surface area contributed by atoms with Crippen molar-refractivity contribution in [2.45, 2.75) is 12.2 Å². The van der Waals surface area contributed by atoms with Gasteiger partial charge < -0.3 is 15.3 Å². The fraction of sp³-hybridized carbons (Fsp3) is 0.333. The Balaban J connectivity index is 2.82. The van der Waals surface area contributed by atoms with Gasteiger partial charge in [0.2, 0.25) is 0 Å². The summed E-state index contributed by atoms with van der Waals surface area (Å²) in [5.41, 5.74) is 0.402. The molecule has 12 heavy (non-hydrogen) atoms. The van der Waals surface area contributed by atoms with Crippen molar-refractivity contribution in [1.82, 2.24) is 0 Å². The Kier molecular flexibility index (Phi) is 2.81. The van der Waals surface area contributed by atoms with E-state index < -0.39 is 5.79 Å². The molecule has 0 bridgehead atoms. The molecular formula is C9H12O3. The Morgan fingerprint density at radius 1 is 1.08 bits per heavy atom. The highest BCUT2D eigenvalue weighted by Crippen LogP contribution is 2.20. The third-order valence-corrected chi connectivity index (χ3v) is 1.70. The van der Waals surface area contributed by atoms with E-state index in [4.69, 9.17) is 5.11 Å². The van der Waals surface area contributed by atoms with E-state index in [-0.39, 0.29) is 13.0 Å². The molecule has 0 aliphatic carbocycles. The van der Waals surface area contributed by atoms with E-state index in [0.717, 1.165) is 0 Å². The molecule has 1 aromatic carbocycles. The Morgan fingerprint density at radius 2 is 1.67 bits per heavy atom. The van der Waals surface area contributed by atoms with Crippen LogP contribution in [-0.2, 0) is 5.79 Å². The second-order valence-electron chi connectivity index (χ2n) is 2.66. The van der Waals surface area contributed by atoms with Crippen LogP contribution in [-0.4, -0.2) is 21.9 Å². The largest absolute Gasteiger partial charge is 0.396 e. The summed E-state index contributed by atoms with van der Waals surface area (Å²) < 4.78 is 0. The maximum atomic E-state index is 9.38. The predicted molar refractivity (Wildman–Crippen MR) is 44.3 cm³/mol. The van der Waals surface area contributed by atoms with Gasteiger partial charge in [-0.05, 0) is 0 Å². The molecule has 0 amide bonds. The van der Waals surface area contributed by atoms with Crippen LogP contribution in [0.2, 0.25) is 0 Å². The molecule has 0 saturated heterocycles. The van der Waals surface area contributed by atoms with Crippen molar-refractivity contribution < 1.29 is 15.3 Å². The molecule has 0 heterocycles. The van der Waals surface area contributed by atoms with Crippen molar-refractivity contribution in [2.75, 3.05) is 6.61 Å². The normalized spacial score (nSPS) is 11.6. The molecule has 0 spiro atoms. The highest BCUT2D eigenvalue weighted by atomic mass is 16.5. The minimum absolute atomic E-state index is 0.0724. The zero-order valence-electron chi connectivity index (χ0n) is 6.64. The van der Waals surface area contributed by atoms with Gasteiger partial charge in [0.05, 0.1) is 0 Å². The van der Waals surface area contributed by atoms with E-state index in [9.17, 15) is 10.2 Å². The van der Waals surface area contributed by atoms with Gasteiger partial charge in [-0.25, -0.2) is 0 Å². The highest BCUT2D eigenvalue weighted by Gasteiger charge is 2.24. The summed E-state index contributed by atoms with van der Waals surface area (Å²) in [7, 11) is 0. The predicted octanol–water partition coefficient (Wildman–Crippen LogP) is 0.206. The zero-order chi connectivity index (χ0) is 9.03. The van der Waals surface area contributed by atoms with Gasteiger partial charge in [-0.3, -0.25) is 0 Å². The third-order valence-electron chi connectivity index (χ3n) is 1.70. The van der Waals surface area contributed by atoms with Crippen molar-refractivity contribution in [3.63, 3.8) is 0 Å². The van der Waals surface area contributed by atoms with Crippen LogP contribution in [0.15, 0.2) is 30.3 Å². The first kappa shape index (κ1) is 9.19. The van der Waals surface area contributed by atoms with Gasteiger partial charge >= 0.3 is 0 Å². The van der Waals surface area contributed by atoms with Crippen LogP contribution < -0.4 is 0 Å². The molecule has 0 aromatic heterocycles. The second-order valence-corrected chi connectivity index (χ2v) is 2.66. The first-order valence-corrected chi connectivity index (χ1v) is 3.78. The molecule has 1 aromatic rings. The molecule has 0 aliphatic heterocycles. The van der Waals surface area contributed by atoms with Crippen molar-refractivity contribution in [2.24, 2.45) is 0 Å². The summed E-state index contributed by atoms with van der Waals surface area (Å²) >= 11 is 0. The molecular weight excluding hydrogens is 156 g/mol. The van der Waals surface area contributed by atoms with Crippen LogP contribution in [0.3, 0.4) is 0 Å². The Bertz CT molecular complexity index is 231. The number of hydrogen-bond donors (Lipinski definition) is 3. The van der Waals surface area contributed by atoms with E-state index in [1.807, 2.05) is 0 Å². The molecule has 0 unspecified atom stereocenters. The van der Waals surface area contributed by atoms with E-state index in [2.05, 4.69) is 0 Å². The second kappa shape index (κ2) is 3.67. The molecule has 0 atom stereocenters. The third kappa shape index (κ3) is 2.04. The van der Waals surface area contributed by atoms with Gasteiger partial charge in [0.25, 0.3) is 0 Å². The Labute approximate surface area is 70.9 Å². The SMILES string of the molecule is OCCC(O)(O)c1ccccc1. The lowest BCUT2D eigenvalue weighted by Crippen LogP contribution is -2.26. The van der Waals surface area contributed by atoms with Gasteiger partial charge in [-0.1, -0.05) is 30.3 Å². The number of hydrogen-bond acceptors (Lipinski definition) is 3. The Morgan fingerprint density at radius 3 is 2.17 bits per heavy atom. The molecule has 1 rings (SSSR count). The van der Waals surface area contributed by atoms with E-state index in [1.54, 1.807) is 30.3 Å². The first-order chi connectivity index (χ1) is 5.67. The van der Waals surface area contributed by atoms with Crippen LogP contribution >= 0.6 is 0 Å². The smallest absolute Gasteiger partial charge is 0.191 e. The lowest BCUT2D eigenvalue weighted by atomic mass is 10.0. The Hall–Kier alpha value is -0.900. The van der Waals surface area contributed by atoms with Gasteiger partial charge in [0.15, 0.2) is 5.79 Å². The van der Waals surface area contributed by atoms with Gasteiger partial charge in [0.1, 0.15) is 0 Å². The average molecular weight is 168 g/mol. The van der Waals surface area contributed by atoms with Crippen LogP contribution in [0.5, 0.6) is 0 Å². The number of rotatable bonds is 3. The van der Waals surface area contributed by atoms with Crippen LogP contribution in [0.4, 0.5) is 0 Å². The molecule has 0 saturated carbocycles. The number of benzene rings is 1. The van der Waals surface area contributed by atoms with Gasteiger partial charge in [0, 0.05) is 18.6 Å². The molecule has 66 valence electrons. The summed E-state index contributed by atoms with van der Waals surface area (Å²) in [5.74, 6) is -1.91. The van der Waals surface area contributed by atoms with Crippen LogP contribution in [0.1, 0.15) is 12.0 Å². The molecule has 0 fully saturated rings. The lowest BCUT2D eigenvalue weighted by Gasteiger charge is -2.20. The van der Waals surface area contributed by atoms with Crippen LogP contribution in [0, 0.1) is 0 Å². The van der Waals surface area contributed by atoms with E-state index in [0.29, 0.717) is 5.56 Å². The monoisotopic (exact) mass is 168 g/mol. The topological polar surface area (TPSA) is 60.7 Å². The van der Waals surface area contributed by atoms with Gasteiger partial charge in [-0.2, -0.15) is 0 Å². The summed E-state index contributed by atoms with van der Waals surface area (Å²) in [6.07, 6.45) is -0.0724. The summed E-state index contributed by atoms with van der Waals surface area (Å²) in [6.45, 7) is -0.248. The fourth-order valence-corrected chi connectivity index (χ4v) is 1.01. The zero-order valence-corrected chi connectivity index (χ0v) is 6.64. The molecule has 0 aliphatic rings. The van der Waals surface area contributed by atoms with Crippen LogP contribution in [0.25, 0.3) is 0 Å². The van der Waals surface area contributed by atoms with E-state index in [1.165, 1.54) is 0 Å². The maximum absolute atomic E-state index is 9.38. The van der Waals surface area contributed by atoms with Crippen molar-refractivity contribution in [1.29, 1.82) is 0 Å². The van der Waals surface area contributed by atoms with Crippen molar-refractivity contribution >= 4 is 0 Å². The molecule has 0 radical (unpaired) electrons. The van der Waals surface area contributed by atoms with E-state index >= 15 is 0 Å². The maximum Gasteiger partial charge on any atom is 0.191 e. The molecule has 3 N–H and O–H groups in total. The minimum Gasteiger partial charge on any atom is -0.396 e. The number of aliphatic hydroxyl groups is 3. The average Bonchev–Trinajstić information content (AvgIpc) is 2.06. The molecule has 3 nitrogen and oxygen atoms in total.